The van der Waals surface area contributed by atoms with E-state index in [2.05, 4.69) is 15.6 Å². The molecule has 1 saturated heterocycles. The average Bonchev–Trinajstić information content (AvgIpc) is 3.02. The highest BCUT2D eigenvalue weighted by atomic mass is 32.2. The van der Waals surface area contributed by atoms with Crippen molar-refractivity contribution in [2.75, 3.05) is 25.4 Å². The van der Waals surface area contributed by atoms with Gasteiger partial charge in [0.2, 0.25) is 0 Å². The summed E-state index contributed by atoms with van der Waals surface area (Å²) in [5.74, 6) is 0.417. The zero-order valence-corrected chi connectivity index (χ0v) is 13.7. The number of guanidine groups is 1. The van der Waals surface area contributed by atoms with Gasteiger partial charge in [0.25, 0.3) is 0 Å². The molecule has 1 aliphatic heterocycles. The van der Waals surface area contributed by atoms with Gasteiger partial charge in [-0.25, -0.2) is 8.78 Å². The molecule has 1 atom stereocenters. The van der Waals surface area contributed by atoms with Gasteiger partial charge in [-0.05, 0) is 43.6 Å². The van der Waals surface area contributed by atoms with Crippen LogP contribution in [-0.4, -0.2) is 36.6 Å². The van der Waals surface area contributed by atoms with Crippen LogP contribution in [0.3, 0.4) is 0 Å². The van der Waals surface area contributed by atoms with Crippen LogP contribution in [0.2, 0.25) is 0 Å². The second-order valence-corrected chi connectivity index (χ2v) is 6.65. The molecule has 122 valence electrons. The largest absolute Gasteiger partial charge is 0.357 e. The van der Waals surface area contributed by atoms with Crippen molar-refractivity contribution in [3.05, 3.63) is 35.4 Å². The van der Waals surface area contributed by atoms with Crippen LogP contribution in [-0.2, 0) is 6.42 Å². The summed E-state index contributed by atoms with van der Waals surface area (Å²) < 4.78 is 26.7. The Labute approximate surface area is 135 Å². The van der Waals surface area contributed by atoms with E-state index >= 15 is 0 Å². The molecule has 2 rings (SSSR count). The molecule has 6 heteroatoms. The van der Waals surface area contributed by atoms with Crippen molar-refractivity contribution in [1.29, 1.82) is 0 Å². The first-order valence-corrected chi connectivity index (χ1v) is 8.82. The first kappa shape index (κ1) is 17.1. The summed E-state index contributed by atoms with van der Waals surface area (Å²) in [6.07, 6.45) is 2.92. The Bertz CT molecular complexity index is 502. The van der Waals surface area contributed by atoms with Crippen molar-refractivity contribution in [3.8, 4) is 0 Å². The van der Waals surface area contributed by atoms with Crippen molar-refractivity contribution >= 4 is 17.7 Å². The van der Waals surface area contributed by atoms with Crippen LogP contribution in [0.4, 0.5) is 8.78 Å². The smallest absolute Gasteiger partial charge is 0.191 e. The average molecular weight is 327 g/mol. The Morgan fingerprint density at radius 3 is 2.95 bits per heavy atom. The van der Waals surface area contributed by atoms with E-state index in [1.54, 1.807) is 6.07 Å². The van der Waals surface area contributed by atoms with E-state index in [-0.39, 0.29) is 0 Å². The fraction of sp³-hybridized carbons (Fsp3) is 0.562. The van der Waals surface area contributed by atoms with Crippen LogP contribution >= 0.6 is 11.8 Å². The number of hydrogen-bond donors (Lipinski definition) is 2. The molecule has 0 saturated carbocycles. The van der Waals surface area contributed by atoms with E-state index in [9.17, 15) is 8.78 Å². The van der Waals surface area contributed by atoms with Gasteiger partial charge in [-0.2, -0.15) is 11.8 Å². The molecule has 0 spiro atoms. The predicted molar refractivity (Wildman–Crippen MR) is 89.5 cm³/mol. The number of aliphatic imine (C=N–C) groups is 1. The molecular formula is C16H23F2N3S. The van der Waals surface area contributed by atoms with Gasteiger partial charge in [-0.3, -0.25) is 4.99 Å². The number of rotatable bonds is 6. The quantitative estimate of drug-likeness (QED) is 0.623. The third-order valence-corrected chi connectivity index (χ3v) is 4.92. The van der Waals surface area contributed by atoms with Crippen molar-refractivity contribution in [2.45, 2.75) is 31.4 Å². The number of hydrogen-bond acceptors (Lipinski definition) is 2. The van der Waals surface area contributed by atoms with Crippen LogP contribution in [0.25, 0.3) is 0 Å². The first-order chi connectivity index (χ1) is 10.7. The van der Waals surface area contributed by atoms with Crippen molar-refractivity contribution in [2.24, 2.45) is 4.99 Å². The SMILES string of the molecule is CCNC(=NCC1CCCS1)NCCc1cccc(F)c1F. The molecule has 1 aromatic carbocycles. The highest BCUT2D eigenvalue weighted by Gasteiger charge is 2.15. The van der Waals surface area contributed by atoms with Crippen LogP contribution < -0.4 is 10.6 Å². The van der Waals surface area contributed by atoms with Crippen LogP contribution in [0, 0.1) is 11.6 Å². The Morgan fingerprint density at radius 1 is 1.36 bits per heavy atom. The molecule has 1 aliphatic rings. The van der Waals surface area contributed by atoms with Gasteiger partial charge >= 0.3 is 0 Å². The summed E-state index contributed by atoms with van der Waals surface area (Å²) in [6.45, 7) is 4.10. The monoisotopic (exact) mass is 327 g/mol. The summed E-state index contributed by atoms with van der Waals surface area (Å²) in [5.41, 5.74) is 0.384. The minimum absolute atomic E-state index is 0.384. The fourth-order valence-electron chi connectivity index (χ4n) is 2.38. The van der Waals surface area contributed by atoms with E-state index in [4.69, 9.17) is 0 Å². The third-order valence-electron chi connectivity index (χ3n) is 3.54. The topological polar surface area (TPSA) is 36.4 Å². The molecule has 1 heterocycles. The van der Waals surface area contributed by atoms with Crippen molar-refractivity contribution in [1.82, 2.24) is 10.6 Å². The molecule has 0 aliphatic carbocycles. The van der Waals surface area contributed by atoms with Crippen LogP contribution in [0.15, 0.2) is 23.2 Å². The zero-order chi connectivity index (χ0) is 15.8. The molecule has 22 heavy (non-hydrogen) atoms. The van der Waals surface area contributed by atoms with E-state index in [1.807, 2.05) is 18.7 Å². The minimum atomic E-state index is -0.795. The standard InChI is InChI=1S/C16H23F2N3S/c1-2-19-16(21-11-13-6-4-10-22-13)20-9-8-12-5-3-7-14(17)15(12)18/h3,5,7,13H,2,4,6,8-11H2,1H3,(H2,19,20,21). The van der Waals surface area contributed by atoms with E-state index < -0.39 is 11.6 Å². The lowest BCUT2D eigenvalue weighted by Gasteiger charge is -2.13. The molecule has 1 unspecified atom stereocenters. The molecule has 0 amide bonds. The molecule has 0 bridgehead atoms. The van der Waals surface area contributed by atoms with Crippen LogP contribution in [0.5, 0.6) is 0 Å². The number of halogens is 2. The van der Waals surface area contributed by atoms with E-state index in [0.717, 1.165) is 25.1 Å². The second kappa shape index (κ2) is 8.98. The second-order valence-electron chi connectivity index (χ2n) is 5.24. The molecular weight excluding hydrogens is 304 g/mol. The van der Waals surface area contributed by atoms with Crippen molar-refractivity contribution < 1.29 is 8.78 Å². The molecule has 1 fully saturated rings. The Hall–Kier alpha value is -1.30. The third kappa shape index (κ3) is 5.16. The van der Waals surface area contributed by atoms with Crippen LogP contribution in [0.1, 0.15) is 25.3 Å². The number of benzene rings is 1. The maximum atomic E-state index is 13.6. The number of nitrogens with zero attached hydrogens (tertiary/aromatic N) is 1. The van der Waals surface area contributed by atoms with Gasteiger partial charge in [0.15, 0.2) is 17.6 Å². The highest BCUT2D eigenvalue weighted by molar-refractivity contribution is 8.00. The molecule has 0 aromatic heterocycles. The lowest BCUT2D eigenvalue weighted by molar-refractivity contribution is 0.498. The summed E-state index contributed by atoms with van der Waals surface area (Å²) in [5, 5.41) is 6.97. The Morgan fingerprint density at radius 2 is 2.23 bits per heavy atom. The van der Waals surface area contributed by atoms with Gasteiger partial charge in [-0.1, -0.05) is 12.1 Å². The van der Waals surface area contributed by atoms with Gasteiger partial charge in [0.05, 0.1) is 6.54 Å². The van der Waals surface area contributed by atoms with Gasteiger partial charge < -0.3 is 10.6 Å². The highest BCUT2D eigenvalue weighted by Crippen LogP contribution is 2.25. The Kier molecular flexibility index (Phi) is 6.96. The zero-order valence-electron chi connectivity index (χ0n) is 12.9. The van der Waals surface area contributed by atoms with Crippen molar-refractivity contribution in [3.63, 3.8) is 0 Å². The maximum absolute atomic E-state index is 13.6. The number of nitrogens with one attached hydrogen (secondary N) is 2. The summed E-state index contributed by atoms with van der Waals surface area (Å²) >= 11 is 1.97. The van der Waals surface area contributed by atoms with Gasteiger partial charge in [0, 0.05) is 18.3 Å². The fourth-order valence-corrected chi connectivity index (χ4v) is 3.56. The first-order valence-electron chi connectivity index (χ1n) is 7.77. The summed E-state index contributed by atoms with van der Waals surface area (Å²) in [4.78, 5) is 4.57. The summed E-state index contributed by atoms with van der Waals surface area (Å²) in [6, 6.07) is 4.28. The Balaban J connectivity index is 1.83. The van der Waals surface area contributed by atoms with Gasteiger partial charge in [0.1, 0.15) is 0 Å². The molecule has 2 N–H and O–H groups in total. The molecule has 3 nitrogen and oxygen atoms in total. The molecule has 1 aromatic rings. The predicted octanol–water partition coefficient (Wildman–Crippen LogP) is 2.96. The minimum Gasteiger partial charge on any atom is -0.357 e. The lowest BCUT2D eigenvalue weighted by Crippen LogP contribution is -2.38. The van der Waals surface area contributed by atoms with Gasteiger partial charge in [-0.15, -0.1) is 0 Å². The maximum Gasteiger partial charge on any atom is 0.191 e. The van der Waals surface area contributed by atoms with E-state index in [1.165, 1.54) is 24.7 Å². The number of thioether (sulfide) groups is 1. The lowest BCUT2D eigenvalue weighted by atomic mass is 10.1. The summed E-state index contributed by atoms with van der Waals surface area (Å²) in [7, 11) is 0. The van der Waals surface area contributed by atoms with E-state index in [0.29, 0.717) is 23.8 Å². The normalized spacial score (nSPS) is 18.5. The molecule has 0 radical (unpaired) electrons.